The van der Waals surface area contributed by atoms with Gasteiger partial charge in [0.25, 0.3) is 0 Å². The second kappa shape index (κ2) is 5.72. The number of hydrogen-bond donors (Lipinski definition) is 0. The Balaban J connectivity index is 1.65. The SMILES string of the molecule is O=C(COCc1ccccc1)c1coc2ccccc12. The molecule has 0 saturated carbocycles. The van der Waals surface area contributed by atoms with E-state index >= 15 is 0 Å². The number of ketones is 1. The molecule has 0 atom stereocenters. The largest absolute Gasteiger partial charge is 0.464 e. The standard InChI is InChI=1S/C17H14O3/c18-16(12-19-10-13-6-2-1-3-7-13)15-11-20-17-9-5-4-8-14(15)17/h1-9,11H,10,12H2. The average Bonchev–Trinajstić information content (AvgIpc) is 2.92. The van der Waals surface area contributed by atoms with Gasteiger partial charge in [0.1, 0.15) is 18.5 Å². The van der Waals surface area contributed by atoms with Crippen molar-refractivity contribution in [2.75, 3.05) is 6.61 Å². The van der Waals surface area contributed by atoms with Crippen LogP contribution < -0.4 is 0 Å². The normalized spacial score (nSPS) is 10.8. The van der Waals surface area contributed by atoms with E-state index in [0.717, 1.165) is 16.5 Å². The second-order valence-electron chi connectivity index (χ2n) is 4.55. The van der Waals surface area contributed by atoms with Gasteiger partial charge in [0.2, 0.25) is 0 Å². The molecule has 0 unspecified atom stereocenters. The number of hydrogen-bond acceptors (Lipinski definition) is 3. The van der Waals surface area contributed by atoms with Gasteiger partial charge >= 0.3 is 0 Å². The molecule has 1 heterocycles. The van der Waals surface area contributed by atoms with Gasteiger partial charge in [0, 0.05) is 5.39 Å². The van der Waals surface area contributed by atoms with Crippen molar-refractivity contribution in [3.63, 3.8) is 0 Å². The summed E-state index contributed by atoms with van der Waals surface area (Å²) in [7, 11) is 0. The summed E-state index contributed by atoms with van der Waals surface area (Å²) in [5, 5.41) is 0.834. The predicted octanol–water partition coefficient (Wildman–Crippen LogP) is 3.83. The van der Waals surface area contributed by atoms with Crippen LogP contribution in [0.25, 0.3) is 11.0 Å². The van der Waals surface area contributed by atoms with Crippen molar-refractivity contribution in [1.29, 1.82) is 0 Å². The highest BCUT2D eigenvalue weighted by atomic mass is 16.5. The lowest BCUT2D eigenvalue weighted by atomic mass is 10.1. The molecule has 0 aliphatic carbocycles. The first-order valence-electron chi connectivity index (χ1n) is 6.46. The minimum Gasteiger partial charge on any atom is -0.464 e. The Morgan fingerprint density at radius 1 is 1.00 bits per heavy atom. The first-order valence-corrected chi connectivity index (χ1v) is 6.46. The van der Waals surface area contributed by atoms with E-state index in [-0.39, 0.29) is 12.4 Å². The summed E-state index contributed by atoms with van der Waals surface area (Å²) in [6.45, 7) is 0.487. The first-order chi connectivity index (χ1) is 9.84. The van der Waals surface area contributed by atoms with Crippen LogP contribution in [0, 0.1) is 0 Å². The summed E-state index contributed by atoms with van der Waals surface area (Å²) in [5.74, 6) is -0.0640. The summed E-state index contributed by atoms with van der Waals surface area (Å²) in [6, 6.07) is 17.3. The Hall–Kier alpha value is -2.39. The third-order valence-corrected chi connectivity index (χ3v) is 3.13. The lowest BCUT2D eigenvalue weighted by Crippen LogP contribution is -2.08. The molecule has 3 nitrogen and oxygen atoms in total. The molecule has 100 valence electrons. The van der Waals surface area contributed by atoms with Crippen molar-refractivity contribution < 1.29 is 13.9 Å². The summed E-state index contributed by atoms with van der Waals surface area (Å²) < 4.78 is 10.8. The fourth-order valence-electron chi connectivity index (χ4n) is 2.11. The van der Waals surface area contributed by atoms with Gasteiger partial charge in [0.05, 0.1) is 12.2 Å². The third kappa shape index (κ3) is 2.63. The Labute approximate surface area is 116 Å². The van der Waals surface area contributed by atoms with Crippen LogP contribution >= 0.6 is 0 Å². The van der Waals surface area contributed by atoms with Crippen molar-refractivity contribution in [2.45, 2.75) is 6.61 Å². The van der Waals surface area contributed by atoms with Crippen molar-refractivity contribution in [3.8, 4) is 0 Å². The lowest BCUT2D eigenvalue weighted by molar-refractivity contribution is 0.0727. The van der Waals surface area contributed by atoms with Crippen LogP contribution in [-0.2, 0) is 11.3 Å². The number of ether oxygens (including phenoxy) is 1. The zero-order valence-electron chi connectivity index (χ0n) is 10.9. The maximum absolute atomic E-state index is 12.1. The maximum atomic E-state index is 12.1. The van der Waals surface area contributed by atoms with Crippen LogP contribution in [0.5, 0.6) is 0 Å². The highest BCUT2D eigenvalue weighted by molar-refractivity contribution is 6.07. The molecule has 0 N–H and O–H groups in total. The zero-order valence-corrected chi connectivity index (χ0v) is 10.9. The van der Waals surface area contributed by atoms with E-state index in [1.54, 1.807) is 0 Å². The predicted molar refractivity (Wildman–Crippen MR) is 76.6 cm³/mol. The number of carbonyl (C=O) groups excluding carboxylic acids is 1. The van der Waals surface area contributed by atoms with E-state index in [0.29, 0.717) is 12.2 Å². The van der Waals surface area contributed by atoms with Crippen molar-refractivity contribution in [2.24, 2.45) is 0 Å². The van der Waals surface area contributed by atoms with Crippen LogP contribution in [0.2, 0.25) is 0 Å². The maximum Gasteiger partial charge on any atom is 0.192 e. The molecule has 3 heteroatoms. The van der Waals surface area contributed by atoms with Crippen molar-refractivity contribution in [3.05, 3.63) is 72.0 Å². The van der Waals surface area contributed by atoms with E-state index in [1.807, 2.05) is 54.6 Å². The van der Waals surface area contributed by atoms with Gasteiger partial charge in [-0.1, -0.05) is 48.5 Å². The molecule has 2 aromatic carbocycles. The summed E-state index contributed by atoms with van der Waals surface area (Å²) in [5.41, 5.74) is 2.35. The number of Topliss-reactive ketones (excluding diaryl/α,β-unsaturated/α-hetero) is 1. The molecule has 3 aromatic rings. The molecule has 0 amide bonds. The molecule has 0 fully saturated rings. The molecule has 0 bridgehead atoms. The Kier molecular flexibility index (Phi) is 3.61. The van der Waals surface area contributed by atoms with Gasteiger partial charge in [-0.05, 0) is 11.6 Å². The molecule has 3 rings (SSSR count). The number of rotatable bonds is 5. The minimum absolute atomic E-state index is 0.0540. The van der Waals surface area contributed by atoms with E-state index in [1.165, 1.54) is 6.26 Å². The van der Waals surface area contributed by atoms with Crippen molar-refractivity contribution in [1.82, 2.24) is 0 Å². The monoisotopic (exact) mass is 266 g/mol. The molecule has 0 aliphatic rings. The van der Waals surface area contributed by atoms with Gasteiger partial charge in [-0.3, -0.25) is 4.79 Å². The number of benzene rings is 2. The average molecular weight is 266 g/mol. The number of fused-ring (bicyclic) bond motifs is 1. The highest BCUT2D eigenvalue weighted by Crippen LogP contribution is 2.21. The molecule has 0 saturated heterocycles. The van der Waals surface area contributed by atoms with Gasteiger partial charge in [-0.2, -0.15) is 0 Å². The van der Waals surface area contributed by atoms with Crippen LogP contribution in [0.1, 0.15) is 15.9 Å². The Bertz CT molecular complexity index is 713. The lowest BCUT2D eigenvalue weighted by Gasteiger charge is -2.03. The minimum atomic E-state index is -0.0640. The van der Waals surface area contributed by atoms with Crippen LogP contribution in [0.3, 0.4) is 0 Å². The smallest absolute Gasteiger partial charge is 0.192 e. The fraction of sp³-hybridized carbons (Fsp3) is 0.118. The Morgan fingerprint density at radius 2 is 1.75 bits per heavy atom. The molecule has 1 aromatic heterocycles. The van der Waals surface area contributed by atoms with E-state index in [9.17, 15) is 4.79 Å². The molecule has 20 heavy (non-hydrogen) atoms. The number of furan rings is 1. The van der Waals surface area contributed by atoms with Crippen LogP contribution in [0.15, 0.2) is 65.3 Å². The molecule has 0 aliphatic heterocycles. The highest BCUT2D eigenvalue weighted by Gasteiger charge is 2.13. The Morgan fingerprint density at radius 3 is 2.60 bits per heavy atom. The summed E-state index contributed by atoms with van der Waals surface area (Å²) >= 11 is 0. The van der Waals surface area contributed by atoms with Crippen LogP contribution in [0.4, 0.5) is 0 Å². The van der Waals surface area contributed by atoms with Gasteiger partial charge in [0.15, 0.2) is 5.78 Å². The summed E-state index contributed by atoms with van der Waals surface area (Å²) in [6.07, 6.45) is 1.50. The topological polar surface area (TPSA) is 39.4 Å². The zero-order chi connectivity index (χ0) is 13.8. The summed E-state index contributed by atoms with van der Waals surface area (Å²) in [4.78, 5) is 12.1. The first kappa shape index (κ1) is 12.6. The number of para-hydroxylation sites is 1. The molecular weight excluding hydrogens is 252 g/mol. The van der Waals surface area contributed by atoms with Crippen molar-refractivity contribution >= 4 is 16.8 Å². The van der Waals surface area contributed by atoms with Crippen LogP contribution in [-0.4, -0.2) is 12.4 Å². The van der Waals surface area contributed by atoms with Gasteiger partial charge in [-0.25, -0.2) is 0 Å². The second-order valence-corrected chi connectivity index (χ2v) is 4.55. The van der Waals surface area contributed by atoms with E-state index < -0.39 is 0 Å². The van der Waals surface area contributed by atoms with Gasteiger partial charge in [-0.15, -0.1) is 0 Å². The van der Waals surface area contributed by atoms with E-state index in [2.05, 4.69) is 0 Å². The van der Waals surface area contributed by atoms with E-state index in [4.69, 9.17) is 9.15 Å². The quantitative estimate of drug-likeness (QED) is 0.659. The molecule has 0 radical (unpaired) electrons. The number of carbonyl (C=O) groups is 1. The fourth-order valence-corrected chi connectivity index (χ4v) is 2.11. The van der Waals surface area contributed by atoms with Gasteiger partial charge < -0.3 is 9.15 Å². The molecular formula is C17H14O3. The third-order valence-electron chi connectivity index (χ3n) is 3.13. The molecule has 0 spiro atoms.